The molecule has 0 radical (unpaired) electrons. The van der Waals surface area contributed by atoms with Crippen LogP contribution < -0.4 is 0 Å². The van der Waals surface area contributed by atoms with Crippen LogP contribution in [0.25, 0.3) is 17.1 Å². The Morgan fingerprint density at radius 1 is 1.08 bits per heavy atom. The molecule has 0 saturated carbocycles. The number of halogens is 3. The Bertz CT molecular complexity index is 984. The standard InChI is InChI=1S/C17H14F3N3O2S/c1-11-2-5-13(8-21-11)16-22-15(17(18,19)20)9-23(16)14-6-3-12(4-7-14)10-26(24)25/h2-9,26H,10H2,1H3. The fourth-order valence-electron chi connectivity index (χ4n) is 2.43. The Morgan fingerprint density at radius 3 is 2.31 bits per heavy atom. The van der Waals surface area contributed by atoms with E-state index < -0.39 is 22.6 Å². The van der Waals surface area contributed by atoms with E-state index in [1.165, 1.54) is 10.8 Å². The lowest BCUT2D eigenvalue weighted by Crippen LogP contribution is -2.05. The Labute approximate surface area is 149 Å². The summed E-state index contributed by atoms with van der Waals surface area (Å²) < 4.78 is 62.3. The molecule has 0 aliphatic heterocycles. The summed E-state index contributed by atoms with van der Waals surface area (Å²) in [6.45, 7) is 1.77. The minimum absolute atomic E-state index is 0.104. The second kappa shape index (κ2) is 6.91. The van der Waals surface area contributed by atoms with Gasteiger partial charge in [0.25, 0.3) is 0 Å². The molecule has 0 fully saturated rings. The Morgan fingerprint density at radius 2 is 1.77 bits per heavy atom. The molecule has 136 valence electrons. The number of rotatable bonds is 4. The molecule has 0 saturated heterocycles. The van der Waals surface area contributed by atoms with Gasteiger partial charge < -0.3 is 0 Å². The van der Waals surface area contributed by atoms with Gasteiger partial charge in [0.15, 0.2) is 5.69 Å². The summed E-state index contributed by atoms with van der Waals surface area (Å²) >= 11 is 0. The molecule has 0 bridgehead atoms. The summed E-state index contributed by atoms with van der Waals surface area (Å²) in [5.74, 6) is -0.0188. The van der Waals surface area contributed by atoms with Crippen LogP contribution in [0.1, 0.15) is 17.0 Å². The second-order valence-electron chi connectivity index (χ2n) is 5.66. The third kappa shape index (κ3) is 3.93. The zero-order chi connectivity index (χ0) is 18.9. The van der Waals surface area contributed by atoms with Crippen molar-refractivity contribution in [2.24, 2.45) is 0 Å². The number of benzene rings is 1. The first-order valence-corrected chi connectivity index (χ1v) is 8.91. The van der Waals surface area contributed by atoms with Crippen LogP contribution in [0.2, 0.25) is 0 Å². The first-order valence-electron chi connectivity index (χ1n) is 7.55. The van der Waals surface area contributed by atoms with Crippen molar-refractivity contribution in [2.75, 3.05) is 0 Å². The molecule has 3 rings (SSSR count). The van der Waals surface area contributed by atoms with E-state index in [1.807, 2.05) is 0 Å². The number of hydrogen-bond donors (Lipinski definition) is 1. The molecule has 2 aromatic heterocycles. The van der Waals surface area contributed by atoms with E-state index in [0.29, 0.717) is 16.8 Å². The summed E-state index contributed by atoms with van der Waals surface area (Å²) in [4.78, 5) is 7.84. The van der Waals surface area contributed by atoms with Crippen LogP contribution in [0, 0.1) is 6.92 Å². The Balaban J connectivity index is 2.10. The van der Waals surface area contributed by atoms with Gasteiger partial charge in [-0.2, -0.15) is 13.2 Å². The van der Waals surface area contributed by atoms with Gasteiger partial charge in [-0.25, -0.2) is 13.4 Å². The maximum atomic E-state index is 13.1. The summed E-state index contributed by atoms with van der Waals surface area (Å²) in [7, 11) is -2.57. The third-order valence-electron chi connectivity index (χ3n) is 3.69. The molecule has 0 amide bonds. The summed E-state index contributed by atoms with van der Waals surface area (Å²) in [6.07, 6.45) is -2.21. The van der Waals surface area contributed by atoms with E-state index >= 15 is 0 Å². The molecule has 9 heteroatoms. The van der Waals surface area contributed by atoms with Crippen molar-refractivity contribution in [3.05, 3.63) is 65.7 Å². The molecule has 3 aromatic rings. The van der Waals surface area contributed by atoms with Gasteiger partial charge in [-0.15, -0.1) is 0 Å². The normalized spacial score (nSPS) is 11.9. The minimum atomic E-state index is -4.58. The van der Waals surface area contributed by atoms with Gasteiger partial charge in [0.1, 0.15) is 16.5 Å². The van der Waals surface area contributed by atoms with Crippen molar-refractivity contribution >= 4 is 10.7 Å². The highest BCUT2D eigenvalue weighted by atomic mass is 32.2. The lowest BCUT2D eigenvalue weighted by Gasteiger charge is -2.08. The molecule has 0 spiro atoms. The second-order valence-corrected chi connectivity index (χ2v) is 6.64. The average molecular weight is 381 g/mol. The van der Waals surface area contributed by atoms with Gasteiger partial charge in [0, 0.05) is 29.3 Å². The van der Waals surface area contributed by atoms with Crippen LogP contribution in [-0.2, 0) is 22.6 Å². The van der Waals surface area contributed by atoms with Crippen LogP contribution in [-0.4, -0.2) is 23.0 Å². The van der Waals surface area contributed by atoms with Crippen LogP contribution in [0.15, 0.2) is 48.8 Å². The van der Waals surface area contributed by atoms with Gasteiger partial charge in [-0.3, -0.25) is 9.55 Å². The van der Waals surface area contributed by atoms with Crippen LogP contribution >= 0.6 is 0 Å². The molecular weight excluding hydrogens is 367 g/mol. The van der Waals surface area contributed by atoms with Gasteiger partial charge in [-0.1, -0.05) is 12.1 Å². The SMILES string of the molecule is Cc1ccc(-c2nc(C(F)(F)F)cn2-c2ccc(C[SH](=O)=O)cc2)cn1. The molecule has 0 atom stereocenters. The number of aromatic nitrogens is 3. The van der Waals surface area contributed by atoms with Gasteiger partial charge in [0.2, 0.25) is 0 Å². The van der Waals surface area contributed by atoms with E-state index in [1.54, 1.807) is 43.3 Å². The smallest absolute Gasteiger partial charge is 0.299 e. The zero-order valence-electron chi connectivity index (χ0n) is 13.6. The van der Waals surface area contributed by atoms with Crippen molar-refractivity contribution in [3.63, 3.8) is 0 Å². The first-order chi connectivity index (χ1) is 12.2. The van der Waals surface area contributed by atoms with E-state index in [-0.39, 0.29) is 11.6 Å². The fraction of sp³-hybridized carbons (Fsp3) is 0.176. The maximum Gasteiger partial charge on any atom is 0.434 e. The Hall–Kier alpha value is -2.68. The van der Waals surface area contributed by atoms with E-state index in [9.17, 15) is 21.6 Å². The fourth-order valence-corrected chi connectivity index (χ4v) is 2.94. The Kier molecular flexibility index (Phi) is 4.82. The number of hydrogen-bond acceptors (Lipinski definition) is 4. The van der Waals surface area contributed by atoms with Crippen molar-refractivity contribution in [2.45, 2.75) is 18.9 Å². The van der Waals surface area contributed by atoms with Crippen molar-refractivity contribution in [1.29, 1.82) is 0 Å². The number of imidazole rings is 1. The maximum absolute atomic E-state index is 13.1. The summed E-state index contributed by atoms with van der Waals surface area (Å²) in [5, 5.41) is 0. The van der Waals surface area contributed by atoms with E-state index in [0.717, 1.165) is 11.9 Å². The van der Waals surface area contributed by atoms with Crippen LogP contribution in [0.5, 0.6) is 0 Å². The molecule has 26 heavy (non-hydrogen) atoms. The van der Waals surface area contributed by atoms with Gasteiger partial charge >= 0.3 is 6.18 Å². The lowest BCUT2D eigenvalue weighted by molar-refractivity contribution is -0.140. The molecule has 0 aliphatic carbocycles. The average Bonchev–Trinajstić information content (AvgIpc) is 3.01. The minimum Gasteiger partial charge on any atom is -0.299 e. The molecule has 5 nitrogen and oxygen atoms in total. The first kappa shape index (κ1) is 18.1. The summed E-state index contributed by atoms with van der Waals surface area (Å²) in [6, 6.07) is 9.57. The van der Waals surface area contributed by atoms with Crippen molar-refractivity contribution in [3.8, 4) is 17.1 Å². The number of alkyl halides is 3. The molecule has 0 unspecified atom stereocenters. The monoisotopic (exact) mass is 381 g/mol. The summed E-state index contributed by atoms with van der Waals surface area (Å²) in [5.41, 5.74) is 1.16. The quantitative estimate of drug-likeness (QED) is 0.704. The number of thiol groups is 1. The highest BCUT2D eigenvalue weighted by Gasteiger charge is 2.35. The molecule has 2 heterocycles. The largest absolute Gasteiger partial charge is 0.434 e. The molecule has 0 aliphatic rings. The van der Waals surface area contributed by atoms with E-state index in [4.69, 9.17) is 0 Å². The van der Waals surface area contributed by atoms with Crippen molar-refractivity contribution < 1.29 is 21.6 Å². The van der Waals surface area contributed by atoms with Gasteiger partial charge in [-0.05, 0) is 36.8 Å². The predicted octanol–water partition coefficient (Wildman–Crippen LogP) is 3.37. The highest BCUT2D eigenvalue weighted by molar-refractivity contribution is 7.71. The lowest BCUT2D eigenvalue weighted by atomic mass is 10.2. The van der Waals surface area contributed by atoms with Crippen LogP contribution in [0.4, 0.5) is 13.2 Å². The molecule has 0 N–H and O–H groups in total. The van der Waals surface area contributed by atoms with E-state index in [2.05, 4.69) is 9.97 Å². The van der Waals surface area contributed by atoms with Gasteiger partial charge in [0.05, 0.1) is 5.75 Å². The predicted molar refractivity (Wildman–Crippen MR) is 90.6 cm³/mol. The number of pyridine rings is 1. The zero-order valence-corrected chi connectivity index (χ0v) is 14.5. The molecular formula is C17H14F3N3O2S. The number of nitrogens with zero attached hydrogens (tertiary/aromatic N) is 3. The number of aryl methyl sites for hydroxylation is 1. The topological polar surface area (TPSA) is 64.8 Å². The molecule has 1 aromatic carbocycles. The van der Waals surface area contributed by atoms with Crippen molar-refractivity contribution in [1.82, 2.24) is 14.5 Å². The van der Waals surface area contributed by atoms with Crippen LogP contribution in [0.3, 0.4) is 0 Å². The third-order valence-corrected chi connectivity index (χ3v) is 4.32. The highest BCUT2D eigenvalue weighted by Crippen LogP contribution is 2.32.